The van der Waals surface area contributed by atoms with Gasteiger partial charge in [0.2, 0.25) is 11.9 Å². The summed E-state index contributed by atoms with van der Waals surface area (Å²) < 4.78 is 2.04. The number of para-hydroxylation sites is 1. The van der Waals surface area contributed by atoms with E-state index in [1.807, 2.05) is 35.1 Å². The third-order valence-corrected chi connectivity index (χ3v) is 5.86. The molecule has 7 heteroatoms. The van der Waals surface area contributed by atoms with Crippen molar-refractivity contribution in [1.82, 2.24) is 19.7 Å². The smallest absolute Gasteiger partial charge is 0.238 e. The van der Waals surface area contributed by atoms with E-state index >= 15 is 0 Å². The molecule has 29 heavy (non-hydrogen) atoms. The third-order valence-electron chi connectivity index (χ3n) is 5.86. The molecule has 1 aromatic carbocycles. The Kier molecular flexibility index (Phi) is 4.45. The highest BCUT2D eigenvalue weighted by Gasteiger charge is 2.35. The zero-order valence-corrected chi connectivity index (χ0v) is 16.9. The highest BCUT2D eigenvalue weighted by molar-refractivity contribution is 6.06. The number of hydrogen-bond acceptors (Lipinski definition) is 5. The number of nitrogens with zero attached hydrogens (tertiary/aromatic N) is 4. The van der Waals surface area contributed by atoms with Crippen LogP contribution < -0.4 is 10.6 Å². The molecule has 1 aliphatic heterocycles. The van der Waals surface area contributed by atoms with E-state index in [0.717, 1.165) is 41.7 Å². The van der Waals surface area contributed by atoms with Crippen molar-refractivity contribution in [2.24, 2.45) is 5.92 Å². The Hall–Kier alpha value is -2.96. The van der Waals surface area contributed by atoms with E-state index in [2.05, 4.69) is 29.5 Å². The summed E-state index contributed by atoms with van der Waals surface area (Å²) >= 11 is 0. The molecule has 1 amide bonds. The molecule has 1 unspecified atom stereocenters. The number of hydrogen-bond donors (Lipinski definition) is 2. The van der Waals surface area contributed by atoms with Crippen molar-refractivity contribution in [2.45, 2.75) is 51.5 Å². The fourth-order valence-corrected chi connectivity index (χ4v) is 4.38. The molecule has 150 valence electrons. The van der Waals surface area contributed by atoms with Crippen molar-refractivity contribution >= 4 is 28.6 Å². The average Bonchev–Trinajstić information content (AvgIpc) is 3.43. The highest BCUT2D eigenvalue weighted by atomic mass is 16.2. The number of benzene rings is 1. The lowest BCUT2D eigenvalue weighted by Crippen LogP contribution is -2.17. The number of anilines is 2. The number of rotatable bonds is 5. The molecule has 0 spiro atoms. The summed E-state index contributed by atoms with van der Waals surface area (Å²) in [5.41, 5.74) is 3.20. The van der Waals surface area contributed by atoms with Gasteiger partial charge in [-0.3, -0.25) is 9.48 Å². The topological polar surface area (TPSA) is 84.7 Å². The summed E-state index contributed by atoms with van der Waals surface area (Å²) in [4.78, 5) is 22.4. The Morgan fingerprint density at radius 2 is 2.00 bits per heavy atom. The first-order valence-electron chi connectivity index (χ1n) is 10.5. The summed E-state index contributed by atoms with van der Waals surface area (Å²) in [5.74, 6) is 0.506. The first kappa shape index (κ1) is 18.1. The van der Waals surface area contributed by atoms with Gasteiger partial charge in [-0.1, -0.05) is 44.9 Å². The molecular formula is C22H26N6O. The van der Waals surface area contributed by atoms with Crippen LogP contribution in [0.2, 0.25) is 0 Å². The Morgan fingerprint density at radius 1 is 1.21 bits per heavy atom. The second kappa shape index (κ2) is 7.13. The summed E-state index contributed by atoms with van der Waals surface area (Å²) in [6, 6.07) is 8.24. The largest absolute Gasteiger partial charge is 0.354 e. The van der Waals surface area contributed by atoms with Crippen molar-refractivity contribution in [3.05, 3.63) is 41.7 Å². The molecule has 1 saturated carbocycles. The van der Waals surface area contributed by atoms with E-state index in [1.165, 1.54) is 12.8 Å². The standard InChI is InChI=1S/C22H26N6O/c1-13(2)11-23-22-25-19(18-15-9-5-6-10-17(15)24-21(18)29)16-12-28(27-20(16)26-22)14-7-3-4-8-14/h5-6,9-10,12-14,18H,3-4,7-8,11H2,1-2H3,(H,24,29)(H,23,26,27). The molecule has 7 nitrogen and oxygen atoms in total. The molecule has 3 heterocycles. The van der Waals surface area contributed by atoms with E-state index in [0.29, 0.717) is 23.6 Å². The van der Waals surface area contributed by atoms with Gasteiger partial charge >= 0.3 is 0 Å². The molecular weight excluding hydrogens is 364 g/mol. The molecule has 1 aliphatic carbocycles. The Labute approximate surface area is 169 Å². The quantitative estimate of drug-likeness (QED) is 0.685. The van der Waals surface area contributed by atoms with Gasteiger partial charge in [-0.15, -0.1) is 0 Å². The molecule has 0 bridgehead atoms. The van der Waals surface area contributed by atoms with Gasteiger partial charge in [0, 0.05) is 18.4 Å². The van der Waals surface area contributed by atoms with Crippen molar-refractivity contribution in [3.63, 3.8) is 0 Å². The van der Waals surface area contributed by atoms with Crippen molar-refractivity contribution in [1.29, 1.82) is 0 Å². The van der Waals surface area contributed by atoms with Gasteiger partial charge in [0.1, 0.15) is 5.92 Å². The van der Waals surface area contributed by atoms with Gasteiger partial charge in [-0.05, 0) is 30.4 Å². The van der Waals surface area contributed by atoms with Crippen LogP contribution in [0.25, 0.3) is 11.0 Å². The van der Waals surface area contributed by atoms with Crippen LogP contribution >= 0.6 is 0 Å². The van der Waals surface area contributed by atoms with E-state index in [1.54, 1.807) is 0 Å². The van der Waals surface area contributed by atoms with Crippen molar-refractivity contribution < 1.29 is 4.79 Å². The second-order valence-electron chi connectivity index (χ2n) is 8.50. The predicted molar refractivity (Wildman–Crippen MR) is 113 cm³/mol. The zero-order chi connectivity index (χ0) is 20.0. The number of aromatic nitrogens is 4. The number of carbonyl (C=O) groups excluding carboxylic acids is 1. The van der Waals surface area contributed by atoms with E-state index in [-0.39, 0.29) is 5.91 Å². The minimum absolute atomic E-state index is 0.0466. The minimum Gasteiger partial charge on any atom is -0.354 e. The van der Waals surface area contributed by atoms with Crippen LogP contribution in [0, 0.1) is 5.92 Å². The molecule has 3 aromatic rings. The SMILES string of the molecule is CC(C)CNc1nc(C2C(=O)Nc3ccccc32)c2cn(C3CCCC3)nc2n1. The normalized spacial score (nSPS) is 19.1. The van der Waals surface area contributed by atoms with Crippen molar-refractivity contribution in [2.75, 3.05) is 17.2 Å². The van der Waals surface area contributed by atoms with Gasteiger partial charge in [0.25, 0.3) is 0 Å². The van der Waals surface area contributed by atoms with Crippen LogP contribution in [-0.2, 0) is 4.79 Å². The molecule has 0 saturated heterocycles. The van der Waals surface area contributed by atoms with E-state index in [9.17, 15) is 4.79 Å². The van der Waals surface area contributed by atoms with Gasteiger partial charge < -0.3 is 10.6 Å². The zero-order valence-electron chi connectivity index (χ0n) is 16.9. The minimum atomic E-state index is -0.447. The highest BCUT2D eigenvalue weighted by Crippen LogP contribution is 2.39. The lowest BCUT2D eigenvalue weighted by Gasteiger charge is -2.12. The monoisotopic (exact) mass is 390 g/mol. The molecule has 0 radical (unpaired) electrons. The maximum absolute atomic E-state index is 12.9. The molecule has 1 fully saturated rings. The first-order chi connectivity index (χ1) is 14.1. The van der Waals surface area contributed by atoms with E-state index < -0.39 is 5.92 Å². The van der Waals surface area contributed by atoms with Gasteiger partial charge in [-0.2, -0.15) is 10.1 Å². The molecule has 1 atom stereocenters. The van der Waals surface area contributed by atoms with Gasteiger partial charge in [0.15, 0.2) is 5.65 Å². The van der Waals surface area contributed by atoms with Crippen molar-refractivity contribution in [3.8, 4) is 0 Å². The molecule has 2 aliphatic rings. The van der Waals surface area contributed by atoms with Crippen LogP contribution in [0.3, 0.4) is 0 Å². The Morgan fingerprint density at radius 3 is 2.79 bits per heavy atom. The Bertz CT molecular complexity index is 1070. The van der Waals surface area contributed by atoms with Crippen LogP contribution in [0.1, 0.15) is 62.7 Å². The molecule has 2 aromatic heterocycles. The van der Waals surface area contributed by atoms with E-state index in [4.69, 9.17) is 10.1 Å². The fraction of sp³-hybridized carbons (Fsp3) is 0.455. The van der Waals surface area contributed by atoms with Crippen LogP contribution in [0.4, 0.5) is 11.6 Å². The Balaban J connectivity index is 1.64. The molecule has 5 rings (SSSR count). The lowest BCUT2D eigenvalue weighted by molar-refractivity contribution is -0.116. The predicted octanol–water partition coefficient (Wildman–Crippen LogP) is 4.09. The third kappa shape index (κ3) is 3.24. The van der Waals surface area contributed by atoms with Crippen LogP contribution in [-0.4, -0.2) is 32.2 Å². The first-order valence-corrected chi connectivity index (χ1v) is 10.5. The summed E-state index contributed by atoms with van der Waals surface area (Å²) in [5, 5.41) is 12.0. The van der Waals surface area contributed by atoms with Gasteiger partial charge in [-0.25, -0.2) is 4.98 Å². The average molecular weight is 390 g/mol. The summed E-state index contributed by atoms with van der Waals surface area (Å²) in [6.45, 7) is 5.05. The number of carbonyl (C=O) groups is 1. The number of amides is 1. The lowest BCUT2D eigenvalue weighted by atomic mass is 9.95. The van der Waals surface area contributed by atoms with Crippen LogP contribution in [0.15, 0.2) is 30.5 Å². The fourth-order valence-electron chi connectivity index (χ4n) is 4.38. The van der Waals surface area contributed by atoms with Gasteiger partial charge in [0.05, 0.1) is 17.1 Å². The number of fused-ring (bicyclic) bond motifs is 2. The molecule has 2 N–H and O–H groups in total. The number of nitrogens with one attached hydrogen (secondary N) is 2. The summed E-state index contributed by atoms with van der Waals surface area (Å²) in [7, 11) is 0. The maximum Gasteiger partial charge on any atom is 0.238 e. The maximum atomic E-state index is 12.9. The van der Waals surface area contributed by atoms with Crippen LogP contribution in [0.5, 0.6) is 0 Å². The second-order valence-corrected chi connectivity index (χ2v) is 8.50. The summed E-state index contributed by atoms with van der Waals surface area (Å²) in [6.07, 6.45) is 6.79.